The summed E-state index contributed by atoms with van der Waals surface area (Å²) in [4.78, 5) is 45.0. The number of ether oxygens (including phenoxy) is 2. The van der Waals surface area contributed by atoms with E-state index in [-0.39, 0.29) is 21.3 Å². The van der Waals surface area contributed by atoms with Gasteiger partial charge in [0.25, 0.3) is 5.91 Å². The number of unbranched alkanes of at least 4 members (excludes halogenated alkanes) is 2. The number of methoxy groups -OCH3 is 1. The average molecular weight is 525 g/mol. The SMILES string of the molecule is CCCCCOc1cccc(C2C(C(=O)c3ccc(C)o3)=C(O)C(=O)N2c2nc(C)c(C(=O)OC)s2)c1. The number of furan rings is 1. The van der Waals surface area contributed by atoms with E-state index in [4.69, 9.17) is 13.9 Å². The van der Waals surface area contributed by atoms with Crippen molar-refractivity contribution in [1.82, 2.24) is 4.98 Å². The van der Waals surface area contributed by atoms with Crippen LogP contribution in [0.5, 0.6) is 5.75 Å². The van der Waals surface area contributed by atoms with Gasteiger partial charge in [-0.15, -0.1) is 0 Å². The van der Waals surface area contributed by atoms with Crippen LogP contribution in [0.2, 0.25) is 0 Å². The number of aliphatic hydroxyl groups excluding tert-OH is 1. The highest BCUT2D eigenvalue weighted by atomic mass is 32.1. The summed E-state index contributed by atoms with van der Waals surface area (Å²) in [6, 6.07) is 9.13. The van der Waals surface area contributed by atoms with Crippen molar-refractivity contribution < 1.29 is 33.4 Å². The van der Waals surface area contributed by atoms with Gasteiger partial charge in [0.2, 0.25) is 5.78 Å². The molecule has 0 fully saturated rings. The highest BCUT2D eigenvalue weighted by Gasteiger charge is 2.47. The van der Waals surface area contributed by atoms with Crippen molar-refractivity contribution in [3.8, 4) is 5.75 Å². The lowest BCUT2D eigenvalue weighted by Crippen LogP contribution is -2.31. The van der Waals surface area contributed by atoms with Crippen molar-refractivity contribution in [3.63, 3.8) is 0 Å². The number of carbonyl (C=O) groups is 3. The Morgan fingerprint density at radius 3 is 2.65 bits per heavy atom. The van der Waals surface area contributed by atoms with Crippen LogP contribution in [0.1, 0.15) is 69.5 Å². The number of esters is 1. The predicted molar refractivity (Wildman–Crippen MR) is 137 cm³/mol. The molecule has 0 saturated carbocycles. The van der Waals surface area contributed by atoms with Gasteiger partial charge in [0.05, 0.1) is 31.0 Å². The first-order valence-corrected chi connectivity index (χ1v) is 12.7. The largest absolute Gasteiger partial charge is 0.503 e. The predicted octanol–water partition coefficient (Wildman–Crippen LogP) is 5.49. The van der Waals surface area contributed by atoms with Crippen molar-refractivity contribution in [2.45, 2.75) is 46.1 Å². The summed E-state index contributed by atoms with van der Waals surface area (Å²) in [5.41, 5.74) is 0.756. The minimum atomic E-state index is -1.03. The summed E-state index contributed by atoms with van der Waals surface area (Å²) in [7, 11) is 1.26. The number of ketones is 1. The smallest absolute Gasteiger partial charge is 0.350 e. The molecule has 0 spiro atoms. The lowest BCUT2D eigenvalue weighted by molar-refractivity contribution is -0.117. The molecule has 1 aromatic carbocycles. The Bertz CT molecular complexity index is 1370. The Hall–Kier alpha value is -3.92. The number of carbonyl (C=O) groups excluding carboxylic acids is 3. The third-order valence-electron chi connectivity index (χ3n) is 5.97. The normalized spacial score (nSPS) is 15.4. The van der Waals surface area contributed by atoms with E-state index in [0.717, 1.165) is 30.6 Å². The average Bonchev–Trinajstić information content (AvgIpc) is 3.57. The molecule has 3 heterocycles. The molecular weight excluding hydrogens is 496 g/mol. The number of rotatable bonds is 10. The lowest BCUT2D eigenvalue weighted by Gasteiger charge is -2.24. The molecule has 10 heteroatoms. The second-order valence-electron chi connectivity index (χ2n) is 8.61. The number of aromatic nitrogens is 1. The van der Waals surface area contributed by atoms with Gasteiger partial charge in [0.15, 0.2) is 16.7 Å². The van der Waals surface area contributed by atoms with Crippen molar-refractivity contribution >= 4 is 34.1 Å². The summed E-state index contributed by atoms with van der Waals surface area (Å²) in [6.07, 6.45) is 2.99. The van der Waals surface area contributed by atoms with Crippen LogP contribution in [0.15, 0.2) is 52.1 Å². The molecule has 1 N–H and O–H groups in total. The van der Waals surface area contributed by atoms with Crippen LogP contribution in [0.4, 0.5) is 5.13 Å². The number of nitrogens with zero attached hydrogens (tertiary/aromatic N) is 2. The van der Waals surface area contributed by atoms with Gasteiger partial charge in [-0.2, -0.15) is 0 Å². The first kappa shape index (κ1) is 26.2. The highest BCUT2D eigenvalue weighted by molar-refractivity contribution is 7.17. The first-order valence-electron chi connectivity index (χ1n) is 11.9. The van der Waals surface area contributed by atoms with E-state index >= 15 is 0 Å². The molecule has 9 nitrogen and oxygen atoms in total. The molecule has 4 rings (SSSR count). The number of anilines is 1. The fourth-order valence-electron chi connectivity index (χ4n) is 4.12. The molecule has 1 aliphatic rings. The van der Waals surface area contributed by atoms with Crippen molar-refractivity contribution in [1.29, 1.82) is 0 Å². The fraction of sp³-hybridized carbons (Fsp3) is 0.333. The van der Waals surface area contributed by atoms with Gasteiger partial charge < -0.3 is 19.0 Å². The van der Waals surface area contributed by atoms with Gasteiger partial charge in [-0.1, -0.05) is 43.2 Å². The number of thiazole rings is 1. The summed E-state index contributed by atoms with van der Waals surface area (Å²) in [5.74, 6) is -1.65. The van der Waals surface area contributed by atoms with Gasteiger partial charge in [-0.25, -0.2) is 9.78 Å². The second-order valence-corrected chi connectivity index (χ2v) is 9.59. The number of Topliss-reactive ketones (excluding diaryl/α,β-unsaturated/α-hetero) is 1. The Balaban J connectivity index is 1.80. The molecule has 0 saturated heterocycles. The maximum atomic E-state index is 13.5. The second kappa shape index (κ2) is 11.0. The quantitative estimate of drug-likeness (QED) is 0.210. The summed E-state index contributed by atoms with van der Waals surface area (Å²) >= 11 is 0.947. The molecule has 2 aromatic heterocycles. The zero-order valence-electron chi connectivity index (χ0n) is 21.1. The van der Waals surface area contributed by atoms with Crippen LogP contribution >= 0.6 is 11.3 Å². The number of hydrogen-bond acceptors (Lipinski definition) is 9. The molecular formula is C27H28N2O7S. The first-order chi connectivity index (χ1) is 17.8. The van der Waals surface area contributed by atoms with Crippen molar-refractivity contribution in [2.24, 2.45) is 0 Å². The highest BCUT2D eigenvalue weighted by Crippen LogP contribution is 2.44. The van der Waals surface area contributed by atoms with Gasteiger partial charge >= 0.3 is 5.97 Å². The van der Waals surface area contributed by atoms with Crippen molar-refractivity contribution in [3.05, 3.63) is 75.4 Å². The molecule has 1 aliphatic heterocycles. The number of hydrogen-bond donors (Lipinski definition) is 1. The molecule has 0 aliphatic carbocycles. The number of aliphatic hydroxyl groups is 1. The van der Waals surface area contributed by atoms with Crippen molar-refractivity contribution in [2.75, 3.05) is 18.6 Å². The van der Waals surface area contributed by atoms with Crippen LogP contribution < -0.4 is 9.64 Å². The lowest BCUT2D eigenvalue weighted by atomic mass is 9.95. The van der Waals surface area contributed by atoms with Crippen LogP contribution in [0.25, 0.3) is 0 Å². The summed E-state index contributed by atoms with van der Waals surface area (Å²) in [5, 5.41) is 11.1. The Morgan fingerprint density at radius 2 is 1.97 bits per heavy atom. The number of amides is 1. The zero-order valence-corrected chi connectivity index (χ0v) is 21.9. The van der Waals surface area contributed by atoms with E-state index in [9.17, 15) is 19.5 Å². The Morgan fingerprint density at radius 1 is 1.19 bits per heavy atom. The molecule has 1 unspecified atom stereocenters. The molecule has 1 atom stereocenters. The maximum absolute atomic E-state index is 13.5. The van der Waals surface area contributed by atoms with E-state index in [2.05, 4.69) is 11.9 Å². The monoisotopic (exact) mass is 524 g/mol. The molecule has 0 radical (unpaired) electrons. The standard InChI is InChI=1S/C27H28N2O7S/c1-5-6-7-13-35-18-10-8-9-17(14-18)21-20(22(30)19-12-11-15(2)36-19)23(31)25(32)29(21)27-28-16(3)24(37-27)26(33)34-4/h8-12,14,21,31H,5-7,13H2,1-4H3. The minimum Gasteiger partial charge on any atom is -0.503 e. The van der Waals surface area contributed by atoms with Crippen LogP contribution in [0.3, 0.4) is 0 Å². The molecule has 0 bridgehead atoms. The zero-order chi connectivity index (χ0) is 26.7. The summed E-state index contributed by atoms with van der Waals surface area (Å²) < 4.78 is 16.2. The van der Waals surface area contributed by atoms with Gasteiger partial charge in [-0.3, -0.25) is 14.5 Å². The number of benzene rings is 1. The number of aryl methyl sites for hydroxylation is 2. The molecule has 194 valence electrons. The van der Waals surface area contributed by atoms with Gasteiger partial charge in [-0.05, 0) is 50.1 Å². The molecule has 3 aromatic rings. The Kier molecular flexibility index (Phi) is 7.77. The van der Waals surface area contributed by atoms with E-state index < -0.39 is 29.5 Å². The molecule has 37 heavy (non-hydrogen) atoms. The van der Waals surface area contributed by atoms with E-state index in [1.807, 2.05) is 0 Å². The minimum absolute atomic E-state index is 0.00348. The topological polar surface area (TPSA) is 119 Å². The fourth-order valence-corrected chi connectivity index (χ4v) is 5.13. The third kappa shape index (κ3) is 5.15. The van der Waals surface area contributed by atoms with Crippen LogP contribution in [-0.4, -0.2) is 41.5 Å². The van der Waals surface area contributed by atoms with E-state index in [1.54, 1.807) is 44.2 Å². The van der Waals surface area contributed by atoms with Crippen LogP contribution in [0, 0.1) is 13.8 Å². The Labute approximate surface area is 218 Å². The van der Waals surface area contributed by atoms with E-state index in [0.29, 0.717) is 29.4 Å². The maximum Gasteiger partial charge on any atom is 0.350 e. The molecule has 1 amide bonds. The third-order valence-corrected chi connectivity index (χ3v) is 7.11. The van der Waals surface area contributed by atoms with Gasteiger partial charge in [0.1, 0.15) is 16.4 Å². The van der Waals surface area contributed by atoms with Crippen LogP contribution in [-0.2, 0) is 9.53 Å². The van der Waals surface area contributed by atoms with E-state index in [1.165, 1.54) is 18.1 Å². The van der Waals surface area contributed by atoms with Gasteiger partial charge in [0, 0.05) is 0 Å². The summed E-state index contributed by atoms with van der Waals surface area (Å²) in [6.45, 7) is 5.95.